The molecule has 148 valence electrons. The molecule has 1 aromatic heterocycles. The molecule has 0 aliphatic heterocycles. The quantitative estimate of drug-likeness (QED) is 0.631. The SMILES string of the molecule is O=C(NC1CC1)c1ccc(NC(=O)c2ccc(COc3ccc(F)cc3)o2)cc1. The van der Waals surface area contributed by atoms with Crippen molar-refractivity contribution in [1.82, 2.24) is 5.32 Å². The fourth-order valence-electron chi connectivity index (χ4n) is 2.66. The van der Waals surface area contributed by atoms with Crippen LogP contribution in [-0.2, 0) is 6.61 Å². The minimum absolute atomic E-state index is 0.109. The van der Waals surface area contributed by atoms with Crippen LogP contribution in [0.15, 0.2) is 65.1 Å². The minimum atomic E-state index is -0.409. The second-order valence-corrected chi connectivity index (χ2v) is 6.79. The number of amides is 2. The Hall–Kier alpha value is -3.61. The molecule has 4 rings (SSSR count). The normalized spacial score (nSPS) is 13.0. The third-order valence-corrected chi connectivity index (χ3v) is 4.40. The van der Waals surface area contributed by atoms with Gasteiger partial charge in [0.2, 0.25) is 0 Å². The molecular formula is C22H19FN2O4. The van der Waals surface area contributed by atoms with Gasteiger partial charge in [0.1, 0.15) is 23.9 Å². The van der Waals surface area contributed by atoms with E-state index in [1.165, 1.54) is 24.3 Å². The van der Waals surface area contributed by atoms with Crippen LogP contribution in [0.5, 0.6) is 5.75 Å². The van der Waals surface area contributed by atoms with Gasteiger partial charge in [-0.05, 0) is 73.5 Å². The highest BCUT2D eigenvalue weighted by atomic mass is 19.1. The minimum Gasteiger partial charge on any atom is -0.486 e. The van der Waals surface area contributed by atoms with Crippen molar-refractivity contribution in [3.05, 3.63) is 83.6 Å². The largest absolute Gasteiger partial charge is 0.486 e. The number of benzene rings is 2. The number of carbonyl (C=O) groups excluding carboxylic acids is 2. The number of hydrogen-bond acceptors (Lipinski definition) is 4. The second kappa shape index (κ2) is 8.18. The Kier molecular flexibility index (Phi) is 5.29. The van der Waals surface area contributed by atoms with Crippen molar-refractivity contribution in [2.75, 3.05) is 5.32 Å². The van der Waals surface area contributed by atoms with E-state index in [1.807, 2.05) is 0 Å². The Labute approximate surface area is 166 Å². The Morgan fingerprint density at radius 1 is 0.966 bits per heavy atom. The number of hydrogen-bond donors (Lipinski definition) is 2. The maximum absolute atomic E-state index is 12.9. The molecule has 3 aromatic rings. The predicted molar refractivity (Wildman–Crippen MR) is 104 cm³/mol. The molecule has 7 heteroatoms. The van der Waals surface area contributed by atoms with Crippen LogP contribution >= 0.6 is 0 Å². The van der Waals surface area contributed by atoms with E-state index in [0.717, 1.165) is 12.8 Å². The van der Waals surface area contributed by atoms with E-state index in [1.54, 1.807) is 36.4 Å². The molecular weight excluding hydrogens is 375 g/mol. The van der Waals surface area contributed by atoms with Crippen LogP contribution in [0, 0.1) is 5.82 Å². The molecule has 1 fully saturated rings. The topological polar surface area (TPSA) is 80.6 Å². The summed E-state index contributed by atoms with van der Waals surface area (Å²) < 4.78 is 23.9. The lowest BCUT2D eigenvalue weighted by molar-refractivity contribution is 0.0950. The fraction of sp³-hybridized carbons (Fsp3) is 0.182. The van der Waals surface area contributed by atoms with Crippen LogP contribution in [0.3, 0.4) is 0 Å². The van der Waals surface area contributed by atoms with Crippen LogP contribution < -0.4 is 15.4 Å². The van der Waals surface area contributed by atoms with E-state index in [-0.39, 0.29) is 24.1 Å². The first-order valence-electron chi connectivity index (χ1n) is 9.26. The summed E-state index contributed by atoms with van der Waals surface area (Å²) in [7, 11) is 0. The van der Waals surface area contributed by atoms with Crippen molar-refractivity contribution in [3.63, 3.8) is 0 Å². The van der Waals surface area contributed by atoms with Gasteiger partial charge in [-0.3, -0.25) is 9.59 Å². The van der Waals surface area contributed by atoms with Gasteiger partial charge in [0.25, 0.3) is 11.8 Å². The molecule has 2 aromatic carbocycles. The molecule has 0 bridgehead atoms. The van der Waals surface area contributed by atoms with E-state index in [9.17, 15) is 14.0 Å². The monoisotopic (exact) mass is 394 g/mol. The molecule has 0 saturated heterocycles. The number of ether oxygens (including phenoxy) is 1. The smallest absolute Gasteiger partial charge is 0.291 e. The maximum atomic E-state index is 12.9. The molecule has 2 amide bonds. The lowest BCUT2D eigenvalue weighted by Gasteiger charge is -2.06. The number of rotatable bonds is 7. The molecule has 0 radical (unpaired) electrons. The van der Waals surface area contributed by atoms with Crippen molar-refractivity contribution in [2.45, 2.75) is 25.5 Å². The number of carbonyl (C=O) groups is 2. The lowest BCUT2D eigenvalue weighted by Crippen LogP contribution is -2.25. The van der Waals surface area contributed by atoms with Gasteiger partial charge in [-0.15, -0.1) is 0 Å². The summed E-state index contributed by atoms with van der Waals surface area (Å²) >= 11 is 0. The lowest BCUT2D eigenvalue weighted by atomic mass is 10.2. The summed E-state index contributed by atoms with van der Waals surface area (Å²) in [6.45, 7) is 0.115. The second-order valence-electron chi connectivity index (χ2n) is 6.79. The Morgan fingerprint density at radius 3 is 2.38 bits per heavy atom. The van der Waals surface area contributed by atoms with Gasteiger partial charge < -0.3 is 19.8 Å². The van der Waals surface area contributed by atoms with E-state index in [0.29, 0.717) is 28.8 Å². The van der Waals surface area contributed by atoms with E-state index >= 15 is 0 Å². The van der Waals surface area contributed by atoms with Gasteiger partial charge in [-0.1, -0.05) is 0 Å². The van der Waals surface area contributed by atoms with Crippen LogP contribution in [0.1, 0.15) is 39.5 Å². The molecule has 1 saturated carbocycles. The first kappa shape index (κ1) is 18.7. The summed E-state index contributed by atoms with van der Waals surface area (Å²) in [5, 5.41) is 5.64. The van der Waals surface area contributed by atoms with Gasteiger partial charge in [0.15, 0.2) is 5.76 Å². The number of nitrogens with one attached hydrogen (secondary N) is 2. The highest BCUT2D eigenvalue weighted by Crippen LogP contribution is 2.20. The van der Waals surface area contributed by atoms with E-state index in [2.05, 4.69) is 10.6 Å². The van der Waals surface area contributed by atoms with Crippen LogP contribution in [0.2, 0.25) is 0 Å². The van der Waals surface area contributed by atoms with Crippen LogP contribution in [0.25, 0.3) is 0 Å². The zero-order valence-electron chi connectivity index (χ0n) is 15.5. The summed E-state index contributed by atoms with van der Waals surface area (Å²) in [4.78, 5) is 24.3. The molecule has 1 heterocycles. The van der Waals surface area contributed by atoms with Crippen molar-refractivity contribution in [3.8, 4) is 5.75 Å². The van der Waals surface area contributed by atoms with Crippen LogP contribution in [-0.4, -0.2) is 17.9 Å². The summed E-state index contributed by atoms with van der Waals surface area (Å²) in [6.07, 6.45) is 2.06. The van der Waals surface area contributed by atoms with Gasteiger partial charge in [-0.2, -0.15) is 0 Å². The van der Waals surface area contributed by atoms with Gasteiger partial charge >= 0.3 is 0 Å². The first-order valence-corrected chi connectivity index (χ1v) is 9.26. The number of anilines is 1. The molecule has 6 nitrogen and oxygen atoms in total. The molecule has 0 unspecified atom stereocenters. The first-order chi connectivity index (χ1) is 14.1. The maximum Gasteiger partial charge on any atom is 0.291 e. The average molecular weight is 394 g/mol. The van der Waals surface area contributed by atoms with Crippen molar-refractivity contribution < 1.29 is 23.1 Å². The van der Waals surface area contributed by atoms with Gasteiger partial charge in [0, 0.05) is 17.3 Å². The third-order valence-electron chi connectivity index (χ3n) is 4.40. The van der Waals surface area contributed by atoms with Crippen molar-refractivity contribution >= 4 is 17.5 Å². The number of halogens is 1. The molecule has 2 N–H and O–H groups in total. The Bertz CT molecular complexity index is 1010. The fourth-order valence-corrected chi connectivity index (χ4v) is 2.66. The average Bonchev–Trinajstić information content (AvgIpc) is 3.41. The summed E-state index contributed by atoms with van der Waals surface area (Å²) in [6, 6.07) is 15.8. The molecule has 1 aliphatic carbocycles. The Morgan fingerprint density at radius 2 is 1.69 bits per heavy atom. The molecule has 1 aliphatic rings. The highest BCUT2D eigenvalue weighted by molar-refractivity contribution is 6.02. The zero-order chi connectivity index (χ0) is 20.2. The molecule has 29 heavy (non-hydrogen) atoms. The Balaban J connectivity index is 1.31. The van der Waals surface area contributed by atoms with Crippen LogP contribution in [0.4, 0.5) is 10.1 Å². The summed E-state index contributed by atoms with van der Waals surface area (Å²) in [5.74, 6) is 0.241. The van der Waals surface area contributed by atoms with Crippen molar-refractivity contribution in [1.29, 1.82) is 0 Å². The molecule has 0 atom stereocenters. The van der Waals surface area contributed by atoms with E-state index in [4.69, 9.17) is 9.15 Å². The summed E-state index contributed by atoms with van der Waals surface area (Å²) in [5.41, 5.74) is 1.10. The predicted octanol–water partition coefficient (Wildman–Crippen LogP) is 4.14. The van der Waals surface area contributed by atoms with Gasteiger partial charge in [0.05, 0.1) is 0 Å². The van der Waals surface area contributed by atoms with E-state index < -0.39 is 5.91 Å². The van der Waals surface area contributed by atoms with Crippen molar-refractivity contribution in [2.24, 2.45) is 0 Å². The number of furan rings is 1. The van der Waals surface area contributed by atoms with Gasteiger partial charge in [-0.25, -0.2) is 4.39 Å². The zero-order valence-corrected chi connectivity index (χ0v) is 15.5. The standard InChI is InChI=1S/C22H19FN2O4/c23-15-3-9-18(10-4-15)28-13-19-11-12-20(29-19)22(27)25-16-5-1-14(2-6-16)21(26)24-17-7-8-17/h1-6,9-12,17H,7-8,13H2,(H,24,26)(H,25,27). The third kappa shape index (κ3) is 5.01. The highest BCUT2D eigenvalue weighted by Gasteiger charge is 2.23. The molecule has 0 spiro atoms.